The Kier molecular flexibility index (Phi) is 7.04. The molecule has 2 N–H and O–H groups in total. The molecule has 4 nitrogen and oxygen atoms in total. The Morgan fingerprint density at radius 2 is 1.70 bits per heavy atom. The van der Waals surface area contributed by atoms with E-state index in [1.807, 2.05) is 30.3 Å². The molecule has 144 valence electrons. The van der Waals surface area contributed by atoms with Gasteiger partial charge in [0.1, 0.15) is 0 Å². The number of hydrogen-bond donors (Lipinski definition) is 2. The predicted molar refractivity (Wildman–Crippen MR) is 114 cm³/mol. The van der Waals surface area contributed by atoms with Crippen molar-refractivity contribution in [2.24, 2.45) is 4.99 Å². The number of guanidine groups is 1. The van der Waals surface area contributed by atoms with E-state index in [9.17, 15) is 4.21 Å². The molecule has 1 saturated carbocycles. The summed E-state index contributed by atoms with van der Waals surface area (Å²) < 4.78 is 12.3. The van der Waals surface area contributed by atoms with E-state index >= 15 is 0 Å². The van der Waals surface area contributed by atoms with E-state index in [4.69, 9.17) is 0 Å². The summed E-state index contributed by atoms with van der Waals surface area (Å²) in [5, 5.41) is 6.78. The van der Waals surface area contributed by atoms with Gasteiger partial charge in [-0.05, 0) is 24.0 Å². The van der Waals surface area contributed by atoms with Crippen LogP contribution in [0.5, 0.6) is 0 Å². The number of benzene rings is 2. The fraction of sp³-hybridized carbons (Fsp3) is 0.409. The van der Waals surface area contributed by atoms with Crippen LogP contribution >= 0.6 is 0 Å². The molecule has 0 heterocycles. The lowest BCUT2D eigenvalue weighted by molar-refractivity contribution is 0.244. The number of nitrogens with one attached hydrogen (secondary N) is 2. The summed E-state index contributed by atoms with van der Waals surface area (Å²) in [5.74, 6) is 2.00. The van der Waals surface area contributed by atoms with Crippen LogP contribution < -0.4 is 10.6 Å². The summed E-state index contributed by atoms with van der Waals surface area (Å²) in [6.45, 7) is 1.53. The number of hydrogen-bond acceptors (Lipinski definition) is 2. The number of nitrogens with zero attached hydrogens (tertiary/aromatic N) is 1. The quantitative estimate of drug-likeness (QED) is 0.544. The highest BCUT2D eigenvalue weighted by atomic mass is 32.2. The van der Waals surface area contributed by atoms with E-state index in [1.54, 1.807) is 7.05 Å². The summed E-state index contributed by atoms with van der Waals surface area (Å²) in [7, 11) is 0.908. The Balaban J connectivity index is 1.44. The van der Waals surface area contributed by atoms with Crippen molar-refractivity contribution >= 4 is 16.8 Å². The minimum atomic E-state index is -0.876. The Morgan fingerprint density at radius 1 is 1.04 bits per heavy atom. The Labute approximate surface area is 165 Å². The second kappa shape index (κ2) is 9.70. The summed E-state index contributed by atoms with van der Waals surface area (Å²) in [6, 6.07) is 20.7. The first kappa shape index (κ1) is 19.6. The molecule has 0 aromatic heterocycles. The van der Waals surface area contributed by atoms with Gasteiger partial charge < -0.3 is 10.6 Å². The lowest BCUT2D eigenvalue weighted by Gasteiger charge is -2.43. The summed E-state index contributed by atoms with van der Waals surface area (Å²) in [6.07, 6.45) is 3.70. The Bertz CT molecular complexity index is 758. The zero-order valence-corrected chi connectivity index (χ0v) is 16.8. The molecule has 0 radical (unpaired) electrons. The van der Waals surface area contributed by atoms with Crippen molar-refractivity contribution in [3.8, 4) is 0 Å². The highest BCUT2D eigenvalue weighted by Crippen LogP contribution is 2.43. The van der Waals surface area contributed by atoms with Crippen molar-refractivity contribution in [1.82, 2.24) is 10.6 Å². The largest absolute Gasteiger partial charge is 0.356 e. The Hall–Kier alpha value is -2.14. The molecule has 0 aliphatic heterocycles. The van der Waals surface area contributed by atoms with Gasteiger partial charge in [-0.1, -0.05) is 67.1 Å². The molecule has 0 amide bonds. The molecule has 1 aliphatic carbocycles. The monoisotopic (exact) mass is 383 g/mol. The first-order valence-corrected chi connectivity index (χ1v) is 11.1. The first-order chi connectivity index (χ1) is 13.2. The lowest BCUT2D eigenvalue weighted by atomic mass is 9.64. The van der Waals surface area contributed by atoms with E-state index < -0.39 is 10.8 Å². The Morgan fingerprint density at radius 3 is 2.30 bits per heavy atom. The fourth-order valence-corrected chi connectivity index (χ4v) is 4.59. The van der Waals surface area contributed by atoms with Gasteiger partial charge in [0.2, 0.25) is 0 Å². The van der Waals surface area contributed by atoms with Crippen LogP contribution in [-0.4, -0.2) is 36.1 Å². The normalized spacial score (nSPS) is 17.0. The zero-order chi connectivity index (χ0) is 19.0. The maximum atomic E-state index is 12.3. The summed E-state index contributed by atoms with van der Waals surface area (Å²) in [4.78, 5) is 4.32. The van der Waals surface area contributed by atoms with Gasteiger partial charge in [-0.25, -0.2) is 0 Å². The van der Waals surface area contributed by atoms with Gasteiger partial charge in [0.05, 0.1) is 0 Å². The SMILES string of the molecule is CN=C(NCCS(=O)Cc1ccccc1)NCC1(c2ccccc2)CCC1. The average Bonchev–Trinajstić information content (AvgIpc) is 2.67. The van der Waals surface area contributed by atoms with Crippen molar-refractivity contribution in [1.29, 1.82) is 0 Å². The van der Waals surface area contributed by atoms with Crippen molar-refractivity contribution < 1.29 is 4.21 Å². The van der Waals surface area contributed by atoms with Gasteiger partial charge in [0.25, 0.3) is 0 Å². The predicted octanol–water partition coefficient (Wildman–Crippen LogP) is 3.22. The van der Waals surface area contributed by atoms with Crippen molar-refractivity contribution in [3.63, 3.8) is 0 Å². The summed E-state index contributed by atoms with van der Waals surface area (Å²) in [5.41, 5.74) is 2.74. The van der Waals surface area contributed by atoms with E-state index in [0.29, 0.717) is 18.1 Å². The summed E-state index contributed by atoms with van der Waals surface area (Å²) >= 11 is 0. The van der Waals surface area contributed by atoms with Gasteiger partial charge in [-0.2, -0.15) is 0 Å². The molecule has 2 aromatic rings. The fourth-order valence-electron chi connectivity index (χ4n) is 3.55. The molecule has 5 heteroatoms. The van der Waals surface area contributed by atoms with E-state index in [1.165, 1.54) is 24.8 Å². The molecule has 1 aliphatic rings. The molecule has 2 aromatic carbocycles. The van der Waals surface area contributed by atoms with Crippen LogP contribution in [0, 0.1) is 0 Å². The standard InChI is InChI=1S/C22H29N3OS/c1-23-21(24-15-16-27(26)17-19-9-4-2-5-10-19)25-18-22(13-8-14-22)20-11-6-3-7-12-20/h2-7,9-12H,8,13-18H2,1H3,(H2,23,24,25). The third-order valence-corrected chi connectivity index (χ3v) is 6.62. The zero-order valence-electron chi connectivity index (χ0n) is 16.0. The maximum Gasteiger partial charge on any atom is 0.191 e. The van der Waals surface area contributed by atoms with Gasteiger partial charge in [0.15, 0.2) is 5.96 Å². The molecule has 0 saturated heterocycles. The lowest BCUT2D eigenvalue weighted by Crippen LogP contribution is -2.49. The minimum Gasteiger partial charge on any atom is -0.356 e. The maximum absolute atomic E-state index is 12.3. The van der Waals surface area contributed by atoms with Crippen LogP contribution in [0.1, 0.15) is 30.4 Å². The van der Waals surface area contributed by atoms with Gasteiger partial charge in [-0.3, -0.25) is 9.20 Å². The molecule has 27 heavy (non-hydrogen) atoms. The highest BCUT2D eigenvalue weighted by Gasteiger charge is 2.38. The average molecular weight is 384 g/mol. The highest BCUT2D eigenvalue weighted by molar-refractivity contribution is 7.84. The molecule has 1 unspecified atom stereocenters. The van der Waals surface area contributed by atoms with Crippen molar-refractivity contribution in [2.45, 2.75) is 30.4 Å². The van der Waals surface area contributed by atoms with E-state index in [0.717, 1.165) is 18.1 Å². The van der Waals surface area contributed by atoms with Crippen LogP contribution in [0.15, 0.2) is 65.7 Å². The van der Waals surface area contributed by atoms with Crippen LogP contribution in [0.4, 0.5) is 0 Å². The minimum absolute atomic E-state index is 0.217. The van der Waals surface area contributed by atoms with E-state index in [2.05, 4.69) is 46.0 Å². The topological polar surface area (TPSA) is 53.5 Å². The molecular formula is C22H29N3OS. The van der Waals surface area contributed by atoms with Crippen LogP contribution in [0.25, 0.3) is 0 Å². The first-order valence-electron chi connectivity index (χ1n) is 9.61. The third-order valence-electron chi connectivity index (χ3n) is 5.31. The van der Waals surface area contributed by atoms with Crippen LogP contribution in [0.3, 0.4) is 0 Å². The molecule has 3 rings (SSSR count). The van der Waals surface area contributed by atoms with Crippen LogP contribution in [-0.2, 0) is 22.0 Å². The molecule has 0 spiro atoms. The molecule has 1 atom stereocenters. The molecular weight excluding hydrogens is 354 g/mol. The second-order valence-corrected chi connectivity index (χ2v) is 8.70. The smallest absolute Gasteiger partial charge is 0.191 e. The molecule has 0 bridgehead atoms. The third kappa shape index (κ3) is 5.42. The van der Waals surface area contributed by atoms with Crippen LogP contribution in [0.2, 0.25) is 0 Å². The van der Waals surface area contributed by atoms with Crippen molar-refractivity contribution in [2.75, 3.05) is 25.9 Å². The number of aliphatic imine (C=N–C) groups is 1. The van der Waals surface area contributed by atoms with Gasteiger partial charge in [0, 0.05) is 47.9 Å². The van der Waals surface area contributed by atoms with E-state index in [-0.39, 0.29) is 5.41 Å². The van der Waals surface area contributed by atoms with Gasteiger partial charge >= 0.3 is 0 Å². The molecule has 1 fully saturated rings. The van der Waals surface area contributed by atoms with Gasteiger partial charge in [-0.15, -0.1) is 0 Å². The second-order valence-electron chi connectivity index (χ2n) is 7.13. The number of rotatable bonds is 8. The van der Waals surface area contributed by atoms with Crippen molar-refractivity contribution in [3.05, 3.63) is 71.8 Å².